The molecular weight excluding hydrogens is 420 g/mol. The number of carbonyl (C=O) groups excluding carboxylic acids is 2. The standard InChI is InChI=1S/C23H23F2N3O2S/c1-15-13-20(27-22(29)16-7-5-8-17(24)14-16)31-21(15)23(30)26-11-6-12-28(2)19-10-4-3-9-18(19)25/h3-5,7-10,13-14H,6,11-12H2,1-2H3,(H,26,30)(H,27,29). The lowest BCUT2D eigenvalue weighted by Crippen LogP contribution is -2.28. The quantitative estimate of drug-likeness (QED) is 0.490. The number of para-hydroxylation sites is 1. The van der Waals surface area contributed by atoms with Crippen LogP contribution in [0.15, 0.2) is 54.6 Å². The highest BCUT2D eigenvalue weighted by Crippen LogP contribution is 2.27. The van der Waals surface area contributed by atoms with Gasteiger partial charge in [0, 0.05) is 25.7 Å². The van der Waals surface area contributed by atoms with Crippen molar-refractivity contribution in [1.82, 2.24) is 5.32 Å². The van der Waals surface area contributed by atoms with Gasteiger partial charge >= 0.3 is 0 Å². The predicted octanol–water partition coefficient (Wildman–Crippen LogP) is 4.84. The molecule has 0 spiro atoms. The van der Waals surface area contributed by atoms with Crippen molar-refractivity contribution in [2.24, 2.45) is 0 Å². The van der Waals surface area contributed by atoms with E-state index in [1.807, 2.05) is 0 Å². The van der Waals surface area contributed by atoms with Crippen molar-refractivity contribution in [2.45, 2.75) is 13.3 Å². The van der Waals surface area contributed by atoms with E-state index in [1.54, 1.807) is 43.1 Å². The molecule has 0 aliphatic heterocycles. The summed E-state index contributed by atoms with van der Waals surface area (Å²) in [6, 6.07) is 13.7. The molecule has 5 nitrogen and oxygen atoms in total. The van der Waals surface area contributed by atoms with Gasteiger partial charge in [0.2, 0.25) is 0 Å². The molecular formula is C23H23F2N3O2S. The average Bonchev–Trinajstić information content (AvgIpc) is 3.11. The molecule has 0 fully saturated rings. The summed E-state index contributed by atoms with van der Waals surface area (Å²) in [6.07, 6.45) is 0.643. The van der Waals surface area contributed by atoms with Gasteiger partial charge in [0.25, 0.3) is 11.8 Å². The minimum atomic E-state index is -0.490. The van der Waals surface area contributed by atoms with E-state index < -0.39 is 11.7 Å². The first-order chi connectivity index (χ1) is 14.8. The Hall–Kier alpha value is -3.26. The summed E-state index contributed by atoms with van der Waals surface area (Å²) < 4.78 is 27.1. The molecule has 2 N–H and O–H groups in total. The molecule has 3 rings (SSSR count). The Morgan fingerprint density at radius 1 is 1.03 bits per heavy atom. The summed E-state index contributed by atoms with van der Waals surface area (Å²) in [6.45, 7) is 2.80. The number of hydrogen-bond donors (Lipinski definition) is 2. The fraction of sp³-hybridized carbons (Fsp3) is 0.217. The number of amides is 2. The highest BCUT2D eigenvalue weighted by atomic mass is 32.1. The maximum atomic E-state index is 13.8. The van der Waals surface area contributed by atoms with Gasteiger partial charge in [0.15, 0.2) is 0 Å². The fourth-order valence-electron chi connectivity index (χ4n) is 3.06. The van der Waals surface area contributed by atoms with Crippen LogP contribution < -0.4 is 15.5 Å². The monoisotopic (exact) mass is 443 g/mol. The Labute approximate surface area is 183 Å². The first-order valence-corrected chi connectivity index (χ1v) is 10.6. The molecule has 0 unspecified atom stereocenters. The predicted molar refractivity (Wildman–Crippen MR) is 120 cm³/mol. The number of nitrogens with zero attached hydrogens (tertiary/aromatic N) is 1. The molecule has 162 valence electrons. The molecule has 0 bridgehead atoms. The summed E-state index contributed by atoms with van der Waals surface area (Å²) in [7, 11) is 1.80. The average molecular weight is 444 g/mol. The Kier molecular flexibility index (Phi) is 7.36. The van der Waals surface area contributed by atoms with Crippen molar-refractivity contribution in [3.63, 3.8) is 0 Å². The van der Waals surface area contributed by atoms with Gasteiger partial charge in [-0.3, -0.25) is 9.59 Å². The van der Waals surface area contributed by atoms with Crippen LogP contribution in [0.1, 0.15) is 32.0 Å². The van der Waals surface area contributed by atoms with Crippen molar-refractivity contribution in [2.75, 3.05) is 30.4 Å². The lowest BCUT2D eigenvalue weighted by Gasteiger charge is -2.19. The van der Waals surface area contributed by atoms with E-state index in [-0.39, 0.29) is 17.3 Å². The van der Waals surface area contributed by atoms with Gasteiger partial charge in [-0.1, -0.05) is 18.2 Å². The summed E-state index contributed by atoms with van der Waals surface area (Å²) in [5, 5.41) is 6.06. The van der Waals surface area contributed by atoms with Crippen molar-refractivity contribution < 1.29 is 18.4 Å². The molecule has 0 aliphatic carbocycles. The minimum absolute atomic E-state index is 0.205. The number of nitrogens with one attached hydrogen (secondary N) is 2. The number of hydrogen-bond acceptors (Lipinski definition) is 4. The first-order valence-electron chi connectivity index (χ1n) is 9.76. The zero-order chi connectivity index (χ0) is 22.4. The second-order valence-corrected chi connectivity index (χ2v) is 8.12. The summed E-state index contributed by atoms with van der Waals surface area (Å²) >= 11 is 1.16. The highest BCUT2D eigenvalue weighted by molar-refractivity contribution is 7.18. The van der Waals surface area contributed by atoms with Gasteiger partial charge in [0.05, 0.1) is 15.6 Å². The molecule has 0 saturated heterocycles. The van der Waals surface area contributed by atoms with Crippen LogP contribution in [0.3, 0.4) is 0 Å². The van der Waals surface area contributed by atoms with E-state index in [0.717, 1.165) is 23.0 Å². The molecule has 3 aromatic rings. The maximum Gasteiger partial charge on any atom is 0.261 e. The molecule has 2 aromatic carbocycles. The molecule has 1 aromatic heterocycles. The van der Waals surface area contributed by atoms with Gasteiger partial charge in [-0.25, -0.2) is 8.78 Å². The Bertz CT molecular complexity index is 1080. The first kappa shape index (κ1) is 22.4. The van der Waals surface area contributed by atoms with Crippen molar-refractivity contribution in [1.29, 1.82) is 0 Å². The topological polar surface area (TPSA) is 61.4 Å². The Morgan fingerprint density at radius 3 is 2.55 bits per heavy atom. The molecule has 2 amide bonds. The highest BCUT2D eigenvalue weighted by Gasteiger charge is 2.16. The lowest BCUT2D eigenvalue weighted by molar-refractivity contribution is 0.0956. The Morgan fingerprint density at radius 2 is 1.81 bits per heavy atom. The van der Waals surface area contributed by atoms with Crippen LogP contribution in [0.5, 0.6) is 0 Å². The second-order valence-electron chi connectivity index (χ2n) is 7.07. The number of anilines is 2. The molecule has 1 heterocycles. The van der Waals surface area contributed by atoms with Crippen LogP contribution in [0, 0.1) is 18.6 Å². The number of halogens is 2. The number of rotatable bonds is 8. The molecule has 31 heavy (non-hydrogen) atoms. The summed E-state index contributed by atoms with van der Waals surface area (Å²) in [5.74, 6) is -1.45. The van der Waals surface area contributed by atoms with Gasteiger partial charge < -0.3 is 15.5 Å². The molecule has 0 atom stereocenters. The summed E-state index contributed by atoms with van der Waals surface area (Å²) in [4.78, 5) is 27.1. The van der Waals surface area contributed by atoms with Gasteiger partial charge in [-0.15, -0.1) is 11.3 Å². The third-order valence-electron chi connectivity index (χ3n) is 4.67. The van der Waals surface area contributed by atoms with Crippen LogP contribution in [-0.4, -0.2) is 32.0 Å². The Balaban J connectivity index is 1.51. The van der Waals surface area contributed by atoms with E-state index in [0.29, 0.717) is 35.1 Å². The van der Waals surface area contributed by atoms with Crippen LogP contribution in [-0.2, 0) is 0 Å². The zero-order valence-electron chi connectivity index (χ0n) is 17.2. The third kappa shape index (κ3) is 5.88. The van der Waals surface area contributed by atoms with Gasteiger partial charge in [0.1, 0.15) is 11.6 Å². The number of aryl methyl sites for hydroxylation is 1. The van der Waals surface area contributed by atoms with Crippen molar-refractivity contribution in [3.05, 3.63) is 82.2 Å². The lowest BCUT2D eigenvalue weighted by atomic mass is 10.2. The van der Waals surface area contributed by atoms with Crippen LogP contribution in [0.2, 0.25) is 0 Å². The van der Waals surface area contributed by atoms with Crippen LogP contribution in [0.4, 0.5) is 19.5 Å². The molecule has 8 heteroatoms. The van der Waals surface area contributed by atoms with Crippen LogP contribution >= 0.6 is 11.3 Å². The van der Waals surface area contributed by atoms with E-state index in [2.05, 4.69) is 10.6 Å². The van der Waals surface area contributed by atoms with E-state index in [4.69, 9.17) is 0 Å². The maximum absolute atomic E-state index is 13.8. The van der Waals surface area contributed by atoms with Crippen LogP contribution in [0.25, 0.3) is 0 Å². The van der Waals surface area contributed by atoms with Crippen molar-refractivity contribution >= 4 is 33.8 Å². The fourth-order valence-corrected chi connectivity index (χ4v) is 4.05. The normalized spacial score (nSPS) is 10.6. The minimum Gasteiger partial charge on any atom is -0.372 e. The van der Waals surface area contributed by atoms with E-state index >= 15 is 0 Å². The van der Waals surface area contributed by atoms with E-state index in [1.165, 1.54) is 24.3 Å². The van der Waals surface area contributed by atoms with E-state index in [9.17, 15) is 18.4 Å². The van der Waals surface area contributed by atoms with Gasteiger partial charge in [-0.05, 0) is 55.3 Å². The van der Waals surface area contributed by atoms with Gasteiger partial charge in [-0.2, -0.15) is 0 Å². The number of thiophene rings is 1. The summed E-state index contributed by atoms with van der Waals surface area (Å²) in [5.41, 5.74) is 1.46. The number of carbonyl (C=O) groups is 2. The molecule has 0 saturated carbocycles. The second kappa shape index (κ2) is 10.2. The molecule has 0 aliphatic rings. The zero-order valence-corrected chi connectivity index (χ0v) is 18.1. The molecule has 0 radical (unpaired) electrons. The third-order valence-corrected chi connectivity index (χ3v) is 5.82. The largest absolute Gasteiger partial charge is 0.372 e. The van der Waals surface area contributed by atoms with Crippen molar-refractivity contribution in [3.8, 4) is 0 Å². The SMILES string of the molecule is Cc1cc(NC(=O)c2cccc(F)c2)sc1C(=O)NCCCN(C)c1ccccc1F. The smallest absolute Gasteiger partial charge is 0.261 e. The number of benzene rings is 2.